The lowest BCUT2D eigenvalue weighted by Gasteiger charge is -2.08. The Morgan fingerprint density at radius 3 is 2.68 bits per heavy atom. The predicted molar refractivity (Wildman–Crippen MR) is 93.1 cm³/mol. The van der Waals surface area contributed by atoms with E-state index in [1.165, 1.54) is 5.56 Å². The number of rotatable bonds is 5. The monoisotopic (exact) mass is 307 g/mol. The lowest BCUT2D eigenvalue weighted by molar-refractivity contribution is 1.02. The van der Waals surface area contributed by atoms with Gasteiger partial charge in [0.25, 0.3) is 0 Å². The molecule has 3 rings (SSSR count). The van der Waals surface area contributed by atoms with Gasteiger partial charge < -0.3 is 0 Å². The first-order valence-electron chi connectivity index (χ1n) is 7.35. The predicted octanol–water partition coefficient (Wildman–Crippen LogP) is 3.88. The molecule has 22 heavy (non-hydrogen) atoms. The summed E-state index contributed by atoms with van der Waals surface area (Å²) in [6, 6.07) is 12.5. The highest BCUT2D eigenvalue weighted by Gasteiger charge is 2.07. The second-order valence-corrected chi connectivity index (χ2v) is 5.91. The zero-order valence-corrected chi connectivity index (χ0v) is 13.3. The summed E-state index contributed by atoms with van der Waals surface area (Å²) in [5, 5.41) is 0. The van der Waals surface area contributed by atoms with Crippen molar-refractivity contribution >= 4 is 28.2 Å². The first-order chi connectivity index (χ1) is 10.7. The smallest absolute Gasteiger partial charge is 0.178 e. The maximum atomic E-state index is 5.55. The lowest BCUT2D eigenvalue weighted by Crippen LogP contribution is -2.05. The molecule has 0 atom stereocenters. The van der Waals surface area contributed by atoms with Gasteiger partial charge in [0.1, 0.15) is 5.52 Å². The first-order valence-corrected chi connectivity index (χ1v) is 7.76. The minimum atomic E-state index is 0.693. The summed E-state index contributed by atoms with van der Waals surface area (Å²) in [5.41, 5.74) is 4.97. The number of thiocarbonyl (C=S) groups is 1. The molecular weight excluding hydrogens is 290 g/mol. The fraction of sp³-hybridized carbons (Fsp3) is 0.222. The number of benzene rings is 1. The summed E-state index contributed by atoms with van der Waals surface area (Å²) in [5.74, 6) is 0. The number of aromatic nitrogens is 3. The molecule has 1 aromatic carbocycles. The fourth-order valence-electron chi connectivity index (χ4n) is 2.44. The third-order valence-corrected chi connectivity index (χ3v) is 4.03. The van der Waals surface area contributed by atoms with Gasteiger partial charge in [-0.05, 0) is 41.8 Å². The topological polar surface area (TPSA) is 38.7 Å². The van der Waals surface area contributed by atoms with Crippen molar-refractivity contribution in [2.24, 2.45) is 0 Å². The van der Waals surface area contributed by atoms with E-state index in [1.54, 1.807) is 12.4 Å². The van der Waals surface area contributed by atoms with Gasteiger partial charge in [-0.2, -0.15) is 0 Å². The molecule has 3 aromatic rings. The van der Waals surface area contributed by atoms with Crippen LogP contribution in [0.15, 0.2) is 48.8 Å². The Morgan fingerprint density at radius 1 is 1.09 bits per heavy atom. The molecule has 0 aliphatic carbocycles. The Morgan fingerprint density at radius 2 is 1.86 bits per heavy atom. The number of aryl methyl sites for hydroxylation is 2. The molecule has 0 aliphatic rings. The Bertz CT molecular complexity index is 800. The Balaban J connectivity index is 1.70. The van der Waals surface area contributed by atoms with Crippen molar-refractivity contribution in [3.63, 3.8) is 0 Å². The Kier molecular flexibility index (Phi) is 4.49. The van der Waals surface area contributed by atoms with E-state index in [0.717, 1.165) is 40.9 Å². The first kappa shape index (κ1) is 14.7. The normalized spacial score (nSPS) is 10.8. The molecule has 110 valence electrons. The van der Waals surface area contributed by atoms with Crippen LogP contribution in [-0.4, -0.2) is 19.8 Å². The molecule has 4 heteroatoms. The van der Waals surface area contributed by atoms with Crippen LogP contribution in [0, 0.1) is 6.92 Å². The second-order valence-electron chi connectivity index (χ2n) is 5.33. The van der Waals surface area contributed by atoms with E-state index < -0.39 is 0 Å². The maximum Gasteiger partial charge on any atom is 0.178 e. The minimum Gasteiger partial charge on any atom is -0.251 e. The van der Waals surface area contributed by atoms with E-state index in [-0.39, 0.29) is 0 Å². The molecule has 0 N–H and O–H groups in total. The summed E-state index contributed by atoms with van der Waals surface area (Å²) in [6.07, 6.45) is 6.03. The van der Waals surface area contributed by atoms with E-state index in [1.807, 2.05) is 13.0 Å². The molecule has 0 saturated heterocycles. The molecule has 0 unspecified atom stereocenters. The third kappa shape index (κ3) is 3.52. The molecule has 0 saturated carbocycles. The van der Waals surface area contributed by atoms with Gasteiger partial charge in [-0.3, -0.25) is 4.98 Å². The van der Waals surface area contributed by atoms with Gasteiger partial charge in [0.15, 0.2) is 5.65 Å². The number of pyridine rings is 1. The van der Waals surface area contributed by atoms with Crippen molar-refractivity contribution in [3.8, 4) is 0 Å². The Labute approximate surface area is 135 Å². The highest BCUT2D eigenvalue weighted by atomic mass is 32.1. The van der Waals surface area contributed by atoms with Gasteiger partial charge in [-0.15, -0.1) is 0 Å². The second kappa shape index (κ2) is 6.71. The van der Waals surface area contributed by atoms with Crippen LogP contribution in [0.5, 0.6) is 0 Å². The summed E-state index contributed by atoms with van der Waals surface area (Å²) < 4.78 is 0. The number of fused-ring (bicyclic) bond motifs is 1. The van der Waals surface area contributed by atoms with Crippen molar-refractivity contribution in [2.75, 3.05) is 0 Å². The van der Waals surface area contributed by atoms with Crippen LogP contribution in [0.2, 0.25) is 0 Å². The van der Waals surface area contributed by atoms with Crippen molar-refractivity contribution < 1.29 is 0 Å². The molecule has 0 radical (unpaired) electrons. The summed E-state index contributed by atoms with van der Waals surface area (Å²) >= 11 is 5.55. The van der Waals surface area contributed by atoms with E-state index >= 15 is 0 Å². The van der Waals surface area contributed by atoms with Crippen LogP contribution in [0.4, 0.5) is 0 Å². The molecule has 0 bridgehead atoms. The summed E-state index contributed by atoms with van der Waals surface area (Å²) in [4.78, 5) is 14.1. The van der Waals surface area contributed by atoms with E-state index in [0.29, 0.717) is 5.65 Å². The number of hydrogen-bond donors (Lipinski definition) is 0. The zero-order valence-electron chi connectivity index (χ0n) is 12.5. The van der Waals surface area contributed by atoms with Crippen LogP contribution >= 0.6 is 12.2 Å². The molecule has 0 spiro atoms. The minimum absolute atomic E-state index is 0.693. The summed E-state index contributed by atoms with van der Waals surface area (Å²) in [6.45, 7) is 2.00. The average Bonchev–Trinajstić information content (AvgIpc) is 2.55. The van der Waals surface area contributed by atoms with Gasteiger partial charge in [0, 0.05) is 24.5 Å². The van der Waals surface area contributed by atoms with Gasteiger partial charge in [0.05, 0.1) is 0 Å². The van der Waals surface area contributed by atoms with Gasteiger partial charge in [0.2, 0.25) is 0 Å². The molecule has 0 amide bonds. The van der Waals surface area contributed by atoms with E-state index in [9.17, 15) is 0 Å². The average molecular weight is 307 g/mol. The van der Waals surface area contributed by atoms with Gasteiger partial charge in [-0.1, -0.05) is 42.5 Å². The largest absolute Gasteiger partial charge is 0.251 e. The molecule has 0 aliphatic heterocycles. The molecule has 2 heterocycles. The van der Waals surface area contributed by atoms with Gasteiger partial charge >= 0.3 is 0 Å². The standard InChI is InChI=1S/C18H17N3S/c1-13-15(12-17-18(21-13)20-10-9-19-17)11-16(22)8-7-14-5-3-2-4-6-14/h2-6,9-10,12H,7-8,11H2,1H3. The summed E-state index contributed by atoms with van der Waals surface area (Å²) in [7, 11) is 0. The zero-order chi connectivity index (χ0) is 15.4. The number of hydrogen-bond acceptors (Lipinski definition) is 4. The van der Waals surface area contributed by atoms with Crippen LogP contribution in [0.25, 0.3) is 11.2 Å². The maximum absolute atomic E-state index is 5.55. The highest BCUT2D eigenvalue weighted by Crippen LogP contribution is 2.15. The molecule has 2 aromatic heterocycles. The Hall–Kier alpha value is -2.20. The van der Waals surface area contributed by atoms with Crippen molar-refractivity contribution in [2.45, 2.75) is 26.2 Å². The van der Waals surface area contributed by atoms with Crippen LogP contribution in [0.1, 0.15) is 23.2 Å². The molecule has 0 fully saturated rings. The number of nitrogens with zero attached hydrogens (tertiary/aromatic N) is 3. The van der Waals surface area contributed by atoms with Crippen molar-refractivity contribution in [1.82, 2.24) is 15.0 Å². The van der Waals surface area contributed by atoms with E-state index in [2.05, 4.69) is 45.3 Å². The van der Waals surface area contributed by atoms with Crippen LogP contribution in [-0.2, 0) is 12.8 Å². The van der Waals surface area contributed by atoms with Crippen molar-refractivity contribution in [1.29, 1.82) is 0 Å². The van der Waals surface area contributed by atoms with Crippen LogP contribution in [0.3, 0.4) is 0 Å². The van der Waals surface area contributed by atoms with Gasteiger partial charge in [-0.25, -0.2) is 9.97 Å². The fourth-order valence-corrected chi connectivity index (χ4v) is 2.70. The van der Waals surface area contributed by atoms with E-state index in [4.69, 9.17) is 12.2 Å². The quantitative estimate of drug-likeness (QED) is 0.671. The lowest BCUT2D eigenvalue weighted by atomic mass is 10.0. The van der Waals surface area contributed by atoms with Crippen LogP contribution < -0.4 is 0 Å². The van der Waals surface area contributed by atoms with Crippen molar-refractivity contribution in [3.05, 3.63) is 65.6 Å². The molecule has 3 nitrogen and oxygen atoms in total. The third-order valence-electron chi connectivity index (χ3n) is 3.68. The highest BCUT2D eigenvalue weighted by molar-refractivity contribution is 7.80. The SMILES string of the molecule is Cc1nc2nccnc2cc1CC(=S)CCc1ccccc1. The molecular formula is C18H17N3S.